The van der Waals surface area contributed by atoms with E-state index in [1.165, 1.54) is 36.6 Å². The first-order chi connectivity index (χ1) is 21.1. The van der Waals surface area contributed by atoms with Gasteiger partial charge in [0.1, 0.15) is 6.67 Å². The van der Waals surface area contributed by atoms with Gasteiger partial charge in [0.15, 0.2) is 0 Å². The number of nitrogens with one attached hydrogen (secondary N) is 2. The molecule has 3 N–H and O–H groups in total. The van der Waals surface area contributed by atoms with Crippen molar-refractivity contribution in [2.45, 2.75) is 102 Å². The van der Waals surface area contributed by atoms with Gasteiger partial charge in [0, 0.05) is 18.3 Å². The number of halogens is 2. The average Bonchev–Trinajstić information content (AvgIpc) is 3.45. The molecule has 1 fully saturated rings. The summed E-state index contributed by atoms with van der Waals surface area (Å²) in [6.07, 6.45) is 12.1. The number of aliphatic hydroxyl groups excluding tert-OH is 1. The van der Waals surface area contributed by atoms with Crippen LogP contribution >= 0.6 is 0 Å². The minimum Gasteiger partial charge on any atom is -0.389 e. The van der Waals surface area contributed by atoms with Gasteiger partial charge in [0.25, 0.3) is 0 Å². The van der Waals surface area contributed by atoms with E-state index in [1.807, 2.05) is 41.2 Å². The normalized spacial score (nSPS) is 17.3. The molecule has 1 aliphatic rings. The number of alkyl halides is 1. The first kappa shape index (κ1) is 33.6. The van der Waals surface area contributed by atoms with Crippen LogP contribution in [0, 0.1) is 0 Å². The number of nitrogens with zero attached hydrogens (tertiary/aromatic N) is 2. The lowest BCUT2D eigenvalue weighted by molar-refractivity contribution is 0.129. The van der Waals surface area contributed by atoms with Crippen molar-refractivity contribution in [2.75, 3.05) is 18.5 Å². The zero-order valence-electron chi connectivity index (χ0n) is 26.8. The summed E-state index contributed by atoms with van der Waals surface area (Å²) in [5.74, 6) is -0.268. The Bertz CT molecular complexity index is 1370. The highest BCUT2D eigenvalue weighted by atomic mass is 19.1. The van der Waals surface area contributed by atoms with Crippen LogP contribution in [-0.2, 0) is 17.5 Å². The van der Waals surface area contributed by atoms with Gasteiger partial charge in [-0.3, -0.25) is 4.68 Å². The molecule has 2 unspecified atom stereocenters. The van der Waals surface area contributed by atoms with Gasteiger partial charge >= 0.3 is 0 Å². The molecule has 44 heavy (non-hydrogen) atoms. The van der Waals surface area contributed by atoms with Crippen molar-refractivity contribution >= 4 is 5.69 Å². The minimum atomic E-state index is -0.870. The molecule has 3 aromatic rings. The van der Waals surface area contributed by atoms with Crippen LogP contribution in [-0.4, -0.2) is 40.3 Å². The predicted octanol–water partition coefficient (Wildman–Crippen LogP) is 8.37. The van der Waals surface area contributed by atoms with Crippen LogP contribution < -0.4 is 10.6 Å². The molecule has 7 heteroatoms. The van der Waals surface area contributed by atoms with Crippen LogP contribution in [0.3, 0.4) is 0 Å². The number of aromatic nitrogens is 2. The van der Waals surface area contributed by atoms with Crippen molar-refractivity contribution in [1.29, 1.82) is 0 Å². The van der Waals surface area contributed by atoms with E-state index in [-0.39, 0.29) is 16.8 Å². The molecule has 0 saturated heterocycles. The summed E-state index contributed by atoms with van der Waals surface area (Å²) in [5.41, 5.74) is 4.90. The van der Waals surface area contributed by atoms with Crippen LogP contribution in [0.2, 0.25) is 0 Å². The lowest BCUT2D eigenvalue weighted by atomic mass is 9.74. The Balaban J connectivity index is 1.58. The van der Waals surface area contributed by atoms with Crippen LogP contribution in [0.5, 0.6) is 0 Å². The number of allylic oxidation sites excluding steroid dienone is 3. The van der Waals surface area contributed by atoms with E-state index in [1.54, 1.807) is 6.20 Å². The third kappa shape index (κ3) is 9.35. The van der Waals surface area contributed by atoms with Crippen molar-refractivity contribution in [3.63, 3.8) is 0 Å². The standard InChI is InChI=1S/C37H50F2N4O/c1-28(39)13-11-16-30(19-22-38)35(42-33-24-41-43(27-33)26-29-14-7-5-8-15-29)34(44)25-40-37(20-9-6-10-21-37)32-18-12-17-31(23-32)36(2,3)4/h5,7-8,12-15,17-19,23-24,27,34-35,40,42,44H,6,9-11,16,20-22,25-26H2,1-4H3/b28-13+,30-19+. The van der Waals surface area contributed by atoms with E-state index in [0.29, 0.717) is 31.5 Å². The maximum Gasteiger partial charge on any atom is 0.108 e. The van der Waals surface area contributed by atoms with Crippen LogP contribution in [0.25, 0.3) is 0 Å². The number of hydrogen-bond acceptors (Lipinski definition) is 4. The molecular formula is C37H50F2N4O. The Labute approximate surface area is 262 Å². The van der Waals surface area contributed by atoms with Gasteiger partial charge in [-0.15, -0.1) is 0 Å². The highest BCUT2D eigenvalue weighted by molar-refractivity contribution is 5.43. The summed E-state index contributed by atoms with van der Waals surface area (Å²) in [6.45, 7) is 8.36. The van der Waals surface area contributed by atoms with Gasteiger partial charge in [0.05, 0.1) is 36.4 Å². The first-order valence-corrected chi connectivity index (χ1v) is 16.0. The Kier molecular flexibility index (Phi) is 11.9. The van der Waals surface area contributed by atoms with Gasteiger partial charge in [0.2, 0.25) is 0 Å². The summed E-state index contributed by atoms with van der Waals surface area (Å²) in [4.78, 5) is 0. The highest BCUT2D eigenvalue weighted by Crippen LogP contribution is 2.39. The maximum absolute atomic E-state index is 13.8. The number of anilines is 1. The predicted molar refractivity (Wildman–Crippen MR) is 177 cm³/mol. The Morgan fingerprint density at radius 2 is 1.82 bits per heavy atom. The smallest absolute Gasteiger partial charge is 0.108 e. The van der Waals surface area contributed by atoms with Crippen molar-refractivity contribution < 1.29 is 13.9 Å². The lowest BCUT2D eigenvalue weighted by Crippen LogP contribution is -2.50. The van der Waals surface area contributed by atoms with Crippen molar-refractivity contribution in [3.8, 4) is 0 Å². The number of aliphatic hydroxyl groups is 1. The lowest BCUT2D eigenvalue weighted by Gasteiger charge is -2.41. The molecule has 1 saturated carbocycles. The van der Waals surface area contributed by atoms with Crippen LogP contribution in [0.15, 0.2) is 90.5 Å². The zero-order chi connectivity index (χ0) is 31.6. The largest absolute Gasteiger partial charge is 0.389 e. The van der Waals surface area contributed by atoms with Crippen molar-refractivity contribution in [3.05, 3.63) is 107 Å². The molecule has 0 bridgehead atoms. The van der Waals surface area contributed by atoms with E-state index in [2.05, 4.69) is 60.8 Å². The van der Waals surface area contributed by atoms with Gasteiger partial charge in [-0.05, 0) is 60.3 Å². The maximum atomic E-state index is 13.8. The molecule has 2 aromatic carbocycles. The second-order valence-electron chi connectivity index (χ2n) is 13.2. The SMILES string of the molecule is C/C(F)=C\CC/C(=C\CF)C(Nc1cnn(Cc2ccccc2)c1)C(O)CNC1(c2cccc(C(C)(C)C)c2)CCCCC1. The van der Waals surface area contributed by atoms with E-state index >= 15 is 0 Å². The number of rotatable bonds is 14. The van der Waals surface area contributed by atoms with E-state index in [0.717, 1.165) is 36.9 Å². The monoisotopic (exact) mass is 604 g/mol. The molecule has 5 nitrogen and oxygen atoms in total. The first-order valence-electron chi connectivity index (χ1n) is 16.0. The minimum absolute atomic E-state index is 0.0316. The third-order valence-electron chi connectivity index (χ3n) is 8.76. The van der Waals surface area contributed by atoms with Gasteiger partial charge in [-0.1, -0.05) is 107 Å². The molecule has 2 atom stereocenters. The molecule has 4 rings (SSSR count). The molecule has 1 aliphatic carbocycles. The molecule has 0 spiro atoms. The highest BCUT2D eigenvalue weighted by Gasteiger charge is 2.36. The molecule has 0 aliphatic heterocycles. The van der Waals surface area contributed by atoms with Gasteiger partial charge in [-0.2, -0.15) is 5.10 Å². The Morgan fingerprint density at radius 1 is 1.07 bits per heavy atom. The Hall–Kier alpha value is -3.29. The fraction of sp³-hybridized carbons (Fsp3) is 0.486. The molecular weight excluding hydrogens is 554 g/mol. The average molecular weight is 605 g/mol. The van der Waals surface area contributed by atoms with Gasteiger partial charge < -0.3 is 15.7 Å². The molecule has 238 valence electrons. The zero-order valence-corrected chi connectivity index (χ0v) is 26.8. The summed E-state index contributed by atoms with van der Waals surface area (Å²) in [6, 6.07) is 18.4. The molecule has 1 heterocycles. The van der Waals surface area contributed by atoms with E-state index < -0.39 is 18.8 Å². The summed E-state index contributed by atoms with van der Waals surface area (Å²) in [7, 11) is 0. The molecule has 0 radical (unpaired) electrons. The van der Waals surface area contributed by atoms with Crippen molar-refractivity contribution in [1.82, 2.24) is 15.1 Å². The van der Waals surface area contributed by atoms with Crippen molar-refractivity contribution in [2.24, 2.45) is 0 Å². The second kappa shape index (κ2) is 15.6. The topological polar surface area (TPSA) is 62.1 Å². The molecule has 1 aromatic heterocycles. The number of benzene rings is 2. The summed E-state index contributed by atoms with van der Waals surface area (Å²) < 4.78 is 29.2. The van der Waals surface area contributed by atoms with E-state index in [9.17, 15) is 13.9 Å². The van der Waals surface area contributed by atoms with Crippen LogP contribution in [0.1, 0.15) is 89.3 Å². The quantitative estimate of drug-likeness (QED) is 0.162. The fourth-order valence-corrected chi connectivity index (χ4v) is 6.26. The van der Waals surface area contributed by atoms with Gasteiger partial charge in [-0.25, -0.2) is 8.78 Å². The second-order valence-corrected chi connectivity index (χ2v) is 13.2. The van der Waals surface area contributed by atoms with Crippen LogP contribution in [0.4, 0.5) is 14.5 Å². The third-order valence-corrected chi connectivity index (χ3v) is 8.76. The summed E-state index contributed by atoms with van der Waals surface area (Å²) in [5, 5.41) is 23.6. The summed E-state index contributed by atoms with van der Waals surface area (Å²) >= 11 is 0. The fourth-order valence-electron chi connectivity index (χ4n) is 6.26. The molecule has 0 amide bonds. The van der Waals surface area contributed by atoms with E-state index in [4.69, 9.17) is 0 Å². The number of hydrogen-bond donors (Lipinski definition) is 3. The Morgan fingerprint density at radius 3 is 2.50 bits per heavy atom.